The number of hydrogen-bond donors (Lipinski definition) is 1. The van der Waals surface area contributed by atoms with Gasteiger partial charge in [-0.15, -0.1) is 12.4 Å². The Morgan fingerprint density at radius 2 is 1.67 bits per heavy atom. The molecule has 0 aromatic carbocycles. The minimum Gasteiger partial charge on any atom is -0.373 e. The summed E-state index contributed by atoms with van der Waals surface area (Å²) in [4.78, 5) is 0. The zero-order chi connectivity index (χ0) is 5.98. The standard InChI is InChI=1S/C6H13NO.ClH/c1-5-3-7-4-6(2)8-5;/h5-7H,3-4H2,1-2H3;1H. The van der Waals surface area contributed by atoms with E-state index in [0.29, 0.717) is 12.2 Å². The molecule has 0 aromatic rings. The maximum atomic E-state index is 5.42. The highest BCUT2D eigenvalue weighted by molar-refractivity contribution is 5.85. The summed E-state index contributed by atoms with van der Waals surface area (Å²) in [6, 6.07) is 0. The van der Waals surface area contributed by atoms with Crippen LogP contribution in [0.2, 0.25) is 0 Å². The molecule has 1 N–H and O–H groups in total. The van der Waals surface area contributed by atoms with E-state index in [1.54, 1.807) is 0 Å². The van der Waals surface area contributed by atoms with E-state index in [-0.39, 0.29) is 12.4 Å². The largest absolute Gasteiger partial charge is 0.373 e. The monoisotopic (exact) mass is 151 g/mol. The summed E-state index contributed by atoms with van der Waals surface area (Å²) in [7, 11) is 0. The topological polar surface area (TPSA) is 21.3 Å². The lowest BCUT2D eigenvalue weighted by Crippen LogP contribution is -2.41. The number of hydrogen-bond acceptors (Lipinski definition) is 2. The van der Waals surface area contributed by atoms with Crippen LogP contribution in [-0.4, -0.2) is 25.3 Å². The van der Waals surface area contributed by atoms with Gasteiger partial charge in [-0.25, -0.2) is 0 Å². The van der Waals surface area contributed by atoms with E-state index in [0.717, 1.165) is 13.1 Å². The van der Waals surface area contributed by atoms with Crippen LogP contribution in [0.3, 0.4) is 0 Å². The Morgan fingerprint density at radius 1 is 1.22 bits per heavy atom. The van der Waals surface area contributed by atoms with E-state index in [4.69, 9.17) is 4.74 Å². The summed E-state index contributed by atoms with van der Waals surface area (Å²) in [6.07, 6.45) is 0.803. The van der Waals surface area contributed by atoms with Crippen LogP contribution < -0.4 is 5.32 Å². The second-order valence-electron chi connectivity index (χ2n) is 2.42. The Labute approximate surface area is 62.4 Å². The van der Waals surface area contributed by atoms with Crippen molar-refractivity contribution in [3.05, 3.63) is 0 Å². The molecule has 0 radical (unpaired) electrons. The highest BCUT2D eigenvalue weighted by atomic mass is 35.5. The van der Waals surface area contributed by atoms with Gasteiger partial charge in [0, 0.05) is 13.1 Å². The van der Waals surface area contributed by atoms with Crippen molar-refractivity contribution in [1.82, 2.24) is 5.32 Å². The van der Waals surface area contributed by atoms with Gasteiger partial charge >= 0.3 is 0 Å². The molecule has 56 valence electrons. The predicted molar refractivity (Wildman–Crippen MR) is 40.1 cm³/mol. The molecule has 3 heteroatoms. The summed E-state index contributed by atoms with van der Waals surface area (Å²) < 4.78 is 5.42. The van der Waals surface area contributed by atoms with E-state index < -0.39 is 0 Å². The van der Waals surface area contributed by atoms with Crippen LogP contribution in [-0.2, 0) is 4.74 Å². The van der Waals surface area contributed by atoms with Gasteiger partial charge in [0.1, 0.15) is 0 Å². The number of rotatable bonds is 0. The molecule has 1 aliphatic rings. The summed E-state index contributed by atoms with van der Waals surface area (Å²) in [6.45, 7) is 6.18. The molecule has 0 bridgehead atoms. The normalized spacial score (nSPS) is 35.3. The fourth-order valence-corrected chi connectivity index (χ4v) is 0.983. The Morgan fingerprint density at radius 3 is 1.89 bits per heavy atom. The van der Waals surface area contributed by atoms with Crippen molar-refractivity contribution >= 4 is 12.4 Å². The molecule has 2 atom stereocenters. The number of morpholine rings is 1. The zero-order valence-corrected chi connectivity index (χ0v) is 6.70. The van der Waals surface area contributed by atoms with Crippen LogP contribution in [0.25, 0.3) is 0 Å². The molecule has 9 heavy (non-hydrogen) atoms. The molecule has 1 rings (SSSR count). The Bertz CT molecular complexity index is 71.5. The molecule has 1 fully saturated rings. The average Bonchev–Trinajstić information content (AvgIpc) is 1.64. The van der Waals surface area contributed by atoms with Crippen LogP contribution in [0.15, 0.2) is 0 Å². The first kappa shape index (κ1) is 9.21. The van der Waals surface area contributed by atoms with Gasteiger partial charge in [-0.2, -0.15) is 0 Å². The van der Waals surface area contributed by atoms with Crippen molar-refractivity contribution in [2.45, 2.75) is 26.1 Å². The highest BCUT2D eigenvalue weighted by Crippen LogP contribution is 2.00. The van der Waals surface area contributed by atoms with Gasteiger partial charge in [-0.05, 0) is 13.8 Å². The van der Waals surface area contributed by atoms with Gasteiger partial charge in [-0.3, -0.25) is 0 Å². The Balaban J connectivity index is 0.000000640. The van der Waals surface area contributed by atoms with E-state index in [1.807, 2.05) is 0 Å². The maximum Gasteiger partial charge on any atom is 0.0675 e. The van der Waals surface area contributed by atoms with Crippen LogP contribution >= 0.6 is 12.4 Å². The molecule has 0 amide bonds. The SMILES string of the molecule is CC1CNCC(C)O1.Cl. The number of ether oxygens (including phenoxy) is 1. The molecule has 0 aromatic heterocycles. The average molecular weight is 152 g/mol. The van der Waals surface area contributed by atoms with E-state index in [9.17, 15) is 0 Å². The highest BCUT2D eigenvalue weighted by Gasteiger charge is 2.12. The predicted octanol–water partition coefficient (Wildman–Crippen LogP) is 0.805. The van der Waals surface area contributed by atoms with Crippen molar-refractivity contribution in [3.63, 3.8) is 0 Å². The van der Waals surface area contributed by atoms with Crippen molar-refractivity contribution in [1.29, 1.82) is 0 Å². The minimum atomic E-state index is 0. The molecule has 1 aliphatic heterocycles. The quantitative estimate of drug-likeness (QED) is 0.553. The molecule has 0 saturated carbocycles. The molecule has 1 heterocycles. The van der Waals surface area contributed by atoms with E-state index in [1.165, 1.54) is 0 Å². The van der Waals surface area contributed by atoms with Crippen molar-refractivity contribution in [2.75, 3.05) is 13.1 Å². The fraction of sp³-hybridized carbons (Fsp3) is 1.00. The number of nitrogens with one attached hydrogen (secondary N) is 1. The van der Waals surface area contributed by atoms with Crippen LogP contribution in [0.5, 0.6) is 0 Å². The summed E-state index contributed by atoms with van der Waals surface area (Å²) in [5, 5.41) is 3.26. The van der Waals surface area contributed by atoms with E-state index in [2.05, 4.69) is 19.2 Å². The van der Waals surface area contributed by atoms with Gasteiger partial charge in [0.05, 0.1) is 12.2 Å². The lowest BCUT2D eigenvalue weighted by Gasteiger charge is -2.25. The van der Waals surface area contributed by atoms with Crippen LogP contribution in [0.1, 0.15) is 13.8 Å². The van der Waals surface area contributed by atoms with Crippen LogP contribution in [0, 0.1) is 0 Å². The Kier molecular flexibility index (Phi) is 4.19. The third kappa shape index (κ3) is 3.04. The summed E-state index contributed by atoms with van der Waals surface area (Å²) >= 11 is 0. The molecular formula is C6H14ClNO. The van der Waals surface area contributed by atoms with Crippen molar-refractivity contribution < 1.29 is 4.74 Å². The second-order valence-corrected chi connectivity index (χ2v) is 2.42. The van der Waals surface area contributed by atoms with Gasteiger partial charge < -0.3 is 10.1 Å². The zero-order valence-electron chi connectivity index (χ0n) is 5.89. The summed E-state index contributed by atoms with van der Waals surface area (Å²) in [5.74, 6) is 0. The van der Waals surface area contributed by atoms with Crippen LogP contribution in [0.4, 0.5) is 0 Å². The molecule has 2 unspecified atom stereocenters. The first-order chi connectivity index (χ1) is 3.79. The van der Waals surface area contributed by atoms with Gasteiger partial charge in [0.25, 0.3) is 0 Å². The third-order valence-corrected chi connectivity index (χ3v) is 1.33. The molecule has 0 spiro atoms. The second kappa shape index (κ2) is 4.09. The van der Waals surface area contributed by atoms with Crippen molar-refractivity contribution in [3.8, 4) is 0 Å². The lowest BCUT2D eigenvalue weighted by molar-refractivity contribution is -0.0166. The van der Waals surface area contributed by atoms with Gasteiger partial charge in [0.15, 0.2) is 0 Å². The van der Waals surface area contributed by atoms with E-state index >= 15 is 0 Å². The molecular weight excluding hydrogens is 138 g/mol. The van der Waals surface area contributed by atoms with Crippen molar-refractivity contribution in [2.24, 2.45) is 0 Å². The Hall–Kier alpha value is 0.210. The number of halogens is 1. The lowest BCUT2D eigenvalue weighted by atomic mass is 10.3. The smallest absolute Gasteiger partial charge is 0.0675 e. The molecule has 1 saturated heterocycles. The fourth-order valence-electron chi connectivity index (χ4n) is 0.983. The van der Waals surface area contributed by atoms with Gasteiger partial charge in [-0.1, -0.05) is 0 Å². The summed E-state index contributed by atoms with van der Waals surface area (Å²) in [5.41, 5.74) is 0. The first-order valence-electron chi connectivity index (χ1n) is 3.15. The molecule has 0 aliphatic carbocycles. The minimum absolute atomic E-state index is 0. The van der Waals surface area contributed by atoms with Gasteiger partial charge in [0.2, 0.25) is 0 Å². The first-order valence-corrected chi connectivity index (χ1v) is 3.15. The molecule has 2 nitrogen and oxygen atoms in total. The maximum absolute atomic E-state index is 5.42. The third-order valence-electron chi connectivity index (χ3n) is 1.33.